The summed E-state index contributed by atoms with van der Waals surface area (Å²) < 4.78 is 53.1. The molecule has 5 atom stereocenters. The van der Waals surface area contributed by atoms with Gasteiger partial charge in [0.25, 0.3) is 5.56 Å². The SMILES string of the molecule is C#CCCCCC#Cc1cn([C@H]2C[C@H](O)[C@@H](COP(=O)(O)OP(=O)(O)OP(=O)(O)O)O2)c2nc(N)[nH]c(=O)c12. The largest absolute Gasteiger partial charge is 0.490 e. The molecule has 1 saturated heterocycles. The van der Waals surface area contributed by atoms with Gasteiger partial charge in [0.15, 0.2) is 5.65 Å². The van der Waals surface area contributed by atoms with Gasteiger partial charge in [-0.25, -0.2) is 13.7 Å². The predicted molar refractivity (Wildman–Crippen MR) is 133 cm³/mol. The van der Waals surface area contributed by atoms with E-state index >= 15 is 0 Å². The molecule has 3 rings (SSSR count). The van der Waals surface area contributed by atoms with Crippen LogP contribution in [0.25, 0.3) is 11.0 Å². The van der Waals surface area contributed by atoms with E-state index in [0.29, 0.717) is 18.4 Å². The van der Waals surface area contributed by atoms with Crippen molar-refractivity contribution in [2.75, 3.05) is 12.3 Å². The number of aromatic amines is 1. The highest BCUT2D eigenvalue weighted by atomic mass is 31.3. The van der Waals surface area contributed by atoms with E-state index < -0.39 is 54.1 Å². The fraction of sp³-hybridized carbons (Fsp3) is 0.474. The van der Waals surface area contributed by atoms with E-state index in [1.165, 1.54) is 10.8 Å². The van der Waals surface area contributed by atoms with Gasteiger partial charge in [0, 0.05) is 25.5 Å². The number of aromatic nitrogens is 3. The van der Waals surface area contributed by atoms with Gasteiger partial charge in [-0.3, -0.25) is 14.3 Å². The number of ether oxygens (including phenoxy) is 1. The van der Waals surface area contributed by atoms with Crippen molar-refractivity contribution in [3.05, 3.63) is 22.1 Å². The topological polar surface area (TPSA) is 266 Å². The molecule has 0 aromatic carbocycles. The second-order valence-corrected chi connectivity index (χ2v) is 12.6. The van der Waals surface area contributed by atoms with E-state index in [9.17, 15) is 33.4 Å². The zero-order valence-electron chi connectivity index (χ0n) is 19.9. The lowest BCUT2D eigenvalue weighted by Crippen LogP contribution is -2.26. The number of phosphoric acid groups is 3. The zero-order valence-corrected chi connectivity index (χ0v) is 22.6. The maximum absolute atomic E-state index is 12.6. The minimum absolute atomic E-state index is 0.0959. The smallest absolute Gasteiger partial charge is 0.390 e. The van der Waals surface area contributed by atoms with Crippen molar-refractivity contribution in [3.63, 3.8) is 0 Å². The van der Waals surface area contributed by atoms with Gasteiger partial charge in [0.1, 0.15) is 12.3 Å². The standard InChI is InChI=1S/C19H25N4O13P3/c1-2-3-4-5-6-7-8-12-10-23(17-16(12)18(25)22-19(20)21-17)15-9-13(24)14(34-15)11-33-38(29,30)36-39(31,32)35-37(26,27)28/h1,10,13-15,24H,3-6,9,11H2,(H,29,30)(H,31,32)(H2,26,27,28)(H3,20,21,22,25)/t13-,14+,15+/m0/s1. The van der Waals surface area contributed by atoms with Gasteiger partial charge < -0.3 is 39.7 Å². The average Bonchev–Trinajstić information content (AvgIpc) is 3.32. The Morgan fingerprint density at radius 1 is 1.18 bits per heavy atom. The van der Waals surface area contributed by atoms with Crippen LogP contribution in [0.4, 0.5) is 5.95 Å². The summed E-state index contributed by atoms with van der Waals surface area (Å²) in [6, 6.07) is 0. The summed E-state index contributed by atoms with van der Waals surface area (Å²) in [6.07, 6.45) is 5.72. The number of nitrogen functional groups attached to an aromatic ring is 1. The quantitative estimate of drug-likeness (QED) is 0.106. The summed E-state index contributed by atoms with van der Waals surface area (Å²) in [5.74, 6) is 8.20. The Kier molecular flexibility index (Phi) is 9.97. The second-order valence-electron chi connectivity index (χ2n) is 8.13. The van der Waals surface area contributed by atoms with E-state index in [0.717, 1.165) is 12.8 Å². The van der Waals surface area contributed by atoms with E-state index in [4.69, 9.17) is 26.7 Å². The van der Waals surface area contributed by atoms with Crippen LogP contribution in [-0.2, 0) is 31.6 Å². The number of nitrogens with two attached hydrogens (primary N) is 1. The minimum atomic E-state index is -5.71. The molecular formula is C19H25N4O13P3. The van der Waals surface area contributed by atoms with Crippen molar-refractivity contribution in [1.82, 2.24) is 14.5 Å². The van der Waals surface area contributed by atoms with Crippen molar-refractivity contribution in [3.8, 4) is 24.2 Å². The van der Waals surface area contributed by atoms with Crippen molar-refractivity contribution in [1.29, 1.82) is 0 Å². The molecule has 0 spiro atoms. The number of anilines is 1. The lowest BCUT2D eigenvalue weighted by molar-refractivity contribution is -0.0421. The Labute approximate surface area is 220 Å². The lowest BCUT2D eigenvalue weighted by Gasteiger charge is -2.19. The van der Waals surface area contributed by atoms with Crippen LogP contribution in [0.15, 0.2) is 11.0 Å². The summed E-state index contributed by atoms with van der Waals surface area (Å²) >= 11 is 0. The van der Waals surface area contributed by atoms with Crippen LogP contribution in [0, 0.1) is 24.2 Å². The average molecular weight is 610 g/mol. The maximum Gasteiger partial charge on any atom is 0.490 e. The van der Waals surface area contributed by atoms with Gasteiger partial charge in [-0.2, -0.15) is 13.6 Å². The van der Waals surface area contributed by atoms with Gasteiger partial charge >= 0.3 is 23.5 Å². The third-order valence-electron chi connectivity index (χ3n) is 5.13. The molecule has 1 aliphatic heterocycles. The molecule has 1 aliphatic rings. The Morgan fingerprint density at radius 2 is 1.87 bits per heavy atom. The number of unbranched alkanes of at least 4 members (excludes halogenated alkanes) is 3. The summed E-state index contributed by atoms with van der Waals surface area (Å²) in [5, 5.41) is 10.5. The zero-order chi connectivity index (χ0) is 29.0. The number of H-pyrrole nitrogens is 1. The highest BCUT2D eigenvalue weighted by molar-refractivity contribution is 7.66. The summed E-state index contributed by atoms with van der Waals surface area (Å²) in [5.41, 5.74) is 5.54. The van der Waals surface area contributed by atoms with Gasteiger partial charge in [-0.1, -0.05) is 11.8 Å². The number of phosphoric ester groups is 1. The van der Waals surface area contributed by atoms with E-state index in [-0.39, 0.29) is 23.4 Å². The first kappa shape index (κ1) is 31.2. The maximum atomic E-state index is 12.6. The van der Waals surface area contributed by atoms with Gasteiger partial charge in [0.2, 0.25) is 5.95 Å². The molecule has 0 saturated carbocycles. The van der Waals surface area contributed by atoms with Gasteiger partial charge in [-0.15, -0.1) is 12.3 Å². The molecule has 39 heavy (non-hydrogen) atoms. The molecule has 214 valence electrons. The first-order valence-electron chi connectivity index (χ1n) is 11.1. The number of hydrogen-bond acceptors (Lipinski definition) is 11. The molecule has 20 heteroatoms. The summed E-state index contributed by atoms with van der Waals surface area (Å²) in [4.78, 5) is 55.2. The third-order valence-corrected chi connectivity index (χ3v) is 8.93. The molecule has 1 fully saturated rings. The van der Waals surface area contributed by atoms with Crippen LogP contribution >= 0.6 is 23.5 Å². The molecule has 0 amide bonds. The molecule has 2 aromatic heterocycles. The number of fused-ring (bicyclic) bond motifs is 1. The minimum Gasteiger partial charge on any atom is -0.390 e. The molecule has 0 radical (unpaired) electrons. The molecule has 17 nitrogen and oxygen atoms in total. The first-order chi connectivity index (χ1) is 18.1. The van der Waals surface area contributed by atoms with E-state index in [1.54, 1.807) is 0 Å². The van der Waals surface area contributed by atoms with Crippen LogP contribution < -0.4 is 11.3 Å². The van der Waals surface area contributed by atoms with Crippen molar-refractivity contribution in [2.45, 2.75) is 50.5 Å². The molecule has 8 N–H and O–H groups in total. The Bertz CT molecular complexity index is 1510. The Hall–Kier alpha value is -2.33. The van der Waals surface area contributed by atoms with E-state index in [2.05, 4.69) is 40.9 Å². The number of aliphatic hydroxyl groups excluding tert-OH is 1. The van der Waals surface area contributed by atoms with Crippen molar-refractivity contribution >= 4 is 40.4 Å². The number of nitrogens with one attached hydrogen (secondary N) is 1. The third kappa shape index (κ3) is 8.83. The number of aliphatic hydroxyl groups is 1. The first-order valence-corrected chi connectivity index (χ1v) is 15.6. The van der Waals surface area contributed by atoms with Crippen LogP contribution in [-0.4, -0.2) is 58.0 Å². The number of rotatable bonds is 11. The summed E-state index contributed by atoms with van der Waals surface area (Å²) in [7, 11) is -16.7. The highest BCUT2D eigenvalue weighted by Crippen LogP contribution is 2.66. The van der Waals surface area contributed by atoms with E-state index in [1.807, 2.05) is 0 Å². The molecule has 0 aliphatic carbocycles. The molecule has 2 unspecified atom stereocenters. The van der Waals surface area contributed by atoms with Crippen LogP contribution in [0.5, 0.6) is 0 Å². The van der Waals surface area contributed by atoms with Crippen LogP contribution in [0.1, 0.15) is 43.9 Å². The molecule has 2 aromatic rings. The Balaban J connectivity index is 1.76. The molecule has 3 heterocycles. The summed E-state index contributed by atoms with van der Waals surface area (Å²) in [6.45, 7) is -0.860. The molecular weight excluding hydrogens is 585 g/mol. The number of terminal acetylenes is 1. The fourth-order valence-corrected chi connectivity index (χ4v) is 6.62. The lowest BCUT2D eigenvalue weighted by atomic mass is 10.2. The fourth-order valence-electron chi connectivity index (χ4n) is 3.59. The van der Waals surface area contributed by atoms with Gasteiger partial charge in [-0.05, 0) is 12.8 Å². The number of nitrogens with zero attached hydrogens (tertiary/aromatic N) is 2. The monoisotopic (exact) mass is 610 g/mol. The van der Waals surface area contributed by atoms with Crippen LogP contribution in [0.2, 0.25) is 0 Å². The van der Waals surface area contributed by atoms with Crippen LogP contribution in [0.3, 0.4) is 0 Å². The highest BCUT2D eigenvalue weighted by Gasteiger charge is 2.43. The molecule has 0 bridgehead atoms. The van der Waals surface area contributed by atoms with Crippen molar-refractivity contribution < 1.29 is 56.3 Å². The number of hydrogen-bond donors (Lipinski definition) is 7. The Morgan fingerprint density at radius 3 is 2.54 bits per heavy atom. The van der Waals surface area contributed by atoms with Crippen molar-refractivity contribution in [2.24, 2.45) is 0 Å². The predicted octanol–water partition coefficient (Wildman–Crippen LogP) is 0.844. The normalized spacial score (nSPS) is 22.5. The van der Waals surface area contributed by atoms with Gasteiger partial charge in [0.05, 0.1) is 23.7 Å². The second kappa shape index (κ2) is 12.5.